The average molecular weight is 392 g/mol. The van der Waals surface area contributed by atoms with Crippen molar-refractivity contribution in [2.45, 2.75) is 19.5 Å². The van der Waals surface area contributed by atoms with Crippen LogP contribution in [-0.4, -0.2) is 80.7 Å². The van der Waals surface area contributed by atoms with E-state index in [4.69, 9.17) is 9.47 Å². The molecule has 0 saturated carbocycles. The molecule has 0 bridgehead atoms. The Morgan fingerprint density at radius 1 is 1.18 bits per heavy atom. The van der Waals surface area contributed by atoms with Crippen molar-refractivity contribution < 1.29 is 23.9 Å². The first-order chi connectivity index (χ1) is 13.4. The number of ether oxygens (including phenoxy) is 2. The van der Waals surface area contributed by atoms with Crippen molar-refractivity contribution in [3.8, 4) is 5.75 Å². The monoisotopic (exact) mass is 392 g/mol. The van der Waals surface area contributed by atoms with Gasteiger partial charge in [0.1, 0.15) is 12.4 Å². The molecule has 0 aliphatic carbocycles. The molecule has 154 valence electrons. The molecule has 2 N–H and O–H groups in total. The summed E-state index contributed by atoms with van der Waals surface area (Å²) in [7, 11) is 3.09. The quantitative estimate of drug-likeness (QED) is 0.688. The lowest BCUT2D eigenvalue weighted by molar-refractivity contribution is -0.133. The predicted octanol–water partition coefficient (Wildman–Crippen LogP) is 0.200. The number of methoxy groups -OCH3 is 1. The zero-order chi connectivity index (χ0) is 20.5. The fourth-order valence-corrected chi connectivity index (χ4v) is 2.97. The van der Waals surface area contributed by atoms with Crippen molar-refractivity contribution in [2.75, 3.05) is 46.9 Å². The molecule has 1 unspecified atom stereocenters. The van der Waals surface area contributed by atoms with Gasteiger partial charge in [-0.1, -0.05) is 12.1 Å². The van der Waals surface area contributed by atoms with Crippen molar-refractivity contribution in [1.82, 2.24) is 20.4 Å². The Labute approximate surface area is 165 Å². The smallest absolute Gasteiger partial charge is 0.406 e. The molecule has 2 rings (SSSR count). The summed E-state index contributed by atoms with van der Waals surface area (Å²) in [6, 6.07) is 7.24. The maximum Gasteiger partial charge on any atom is 0.406 e. The molecule has 28 heavy (non-hydrogen) atoms. The zero-order valence-electron chi connectivity index (χ0n) is 16.6. The van der Waals surface area contributed by atoms with Crippen LogP contribution in [0.5, 0.6) is 5.75 Å². The minimum Gasteiger partial charge on any atom is -0.497 e. The highest BCUT2D eigenvalue weighted by molar-refractivity contribution is 5.78. The summed E-state index contributed by atoms with van der Waals surface area (Å²) in [5.74, 6) is 0.600. The van der Waals surface area contributed by atoms with E-state index in [1.54, 1.807) is 12.0 Å². The van der Waals surface area contributed by atoms with Gasteiger partial charge in [0.2, 0.25) is 11.8 Å². The molecule has 1 heterocycles. The van der Waals surface area contributed by atoms with Crippen LogP contribution in [0.1, 0.15) is 12.5 Å². The SMILES string of the molecule is CNC(=O)OCC1CN(C(C)=O)CCN1CC(=O)NCc1ccc(OC)cc1. The highest BCUT2D eigenvalue weighted by Gasteiger charge is 2.30. The second-order valence-corrected chi connectivity index (χ2v) is 6.56. The summed E-state index contributed by atoms with van der Waals surface area (Å²) in [4.78, 5) is 39.1. The van der Waals surface area contributed by atoms with E-state index in [1.165, 1.54) is 14.0 Å². The van der Waals surface area contributed by atoms with Crippen LogP contribution in [-0.2, 0) is 20.9 Å². The summed E-state index contributed by atoms with van der Waals surface area (Å²) >= 11 is 0. The number of hydrogen-bond donors (Lipinski definition) is 2. The van der Waals surface area contributed by atoms with Gasteiger partial charge in [0.15, 0.2) is 0 Å². The van der Waals surface area contributed by atoms with Crippen LogP contribution in [0.25, 0.3) is 0 Å². The third kappa shape index (κ3) is 6.41. The molecule has 1 atom stereocenters. The van der Waals surface area contributed by atoms with E-state index in [0.29, 0.717) is 26.2 Å². The summed E-state index contributed by atoms with van der Waals surface area (Å²) in [6.45, 7) is 3.69. The molecule has 9 nitrogen and oxygen atoms in total. The Kier molecular flexibility index (Phi) is 8.06. The number of benzene rings is 1. The van der Waals surface area contributed by atoms with Gasteiger partial charge in [-0.05, 0) is 17.7 Å². The highest BCUT2D eigenvalue weighted by atomic mass is 16.5. The van der Waals surface area contributed by atoms with E-state index >= 15 is 0 Å². The van der Waals surface area contributed by atoms with Crippen molar-refractivity contribution in [2.24, 2.45) is 0 Å². The van der Waals surface area contributed by atoms with Gasteiger partial charge in [0.05, 0.1) is 19.7 Å². The van der Waals surface area contributed by atoms with Gasteiger partial charge < -0.3 is 25.0 Å². The molecule has 9 heteroatoms. The second kappa shape index (κ2) is 10.5. The van der Waals surface area contributed by atoms with Crippen molar-refractivity contribution >= 4 is 17.9 Å². The first-order valence-electron chi connectivity index (χ1n) is 9.16. The number of piperazine rings is 1. The minimum absolute atomic E-state index is 0.0337. The zero-order valence-corrected chi connectivity index (χ0v) is 16.6. The van der Waals surface area contributed by atoms with Gasteiger partial charge in [-0.25, -0.2) is 4.79 Å². The maximum atomic E-state index is 12.4. The van der Waals surface area contributed by atoms with E-state index in [-0.39, 0.29) is 31.0 Å². The van der Waals surface area contributed by atoms with Crippen molar-refractivity contribution in [3.05, 3.63) is 29.8 Å². The van der Waals surface area contributed by atoms with Crippen molar-refractivity contribution in [3.63, 3.8) is 0 Å². The van der Waals surface area contributed by atoms with Gasteiger partial charge in [0, 0.05) is 40.2 Å². The molecular formula is C19H28N4O5. The lowest BCUT2D eigenvalue weighted by Gasteiger charge is -2.40. The summed E-state index contributed by atoms with van der Waals surface area (Å²) in [5, 5.41) is 5.28. The number of alkyl carbamates (subject to hydrolysis) is 1. The van der Waals surface area contributed by atoms with E-state index in [2.05, 4.69) is 10.6 Å². The molecule has 1 saturated heterocycles. The van der Waals surface area contributed by atoms with Gasteiger partial charge in [-0.15, -0.1) is 0 Å². The number of hydrogen-bond acceptors (Lipinski definition) is 6. The largest absolute Gasteiger partial charge is 0.497 e. The molecule has 1 aromatic carbocycles. The van der Waals surface area contributed by atoms with Crippen LogP contribution >= 0.6 is 0 Å². The summed E-state index contributed by atoms with van der Waals surface area (Å²) in [5.41, 5.74) is 0.968. The first kappa shape index (κ1) is 21.5. The predicted molar refractivity (Wildman–Crippen MR) is 103 cm³/mol. The molecule has 0 spiro atoms. The molecule has 0 radical (unpaired) electrons. The molecule has 1 aliphatic rings. The third-order valence-electron chi connectivity index (χ3n) is 4.66. The van der Waals surface area contributed by atoms with E-state index in [1.807, 2.05) is 29.2 Å². The molecule has 1 fully saturated rings. The number of rotatable bonds is 7. The second-order valence-electron chi connectivity index (χ2n) is 6.56. The van der Waals surface area contributed by atoms with Gasteiger partial charge >= 0.3 is 6.09 Å². The number of carbonyl (C=O) groups excluding carboxylic acids is 3. The van der Waals surface area contributed by atoms with Gasteiger partial charge in [-0.3, -0.25) is 14.5 Å². The standard InChI is InChI=1S/C19H28N4O5/c1-14(24)22-8-9-23(16(11-22)13-28-19(26)20-2)12-18(25)21-10-15-4-6-17(27-3)7-5-15/h4-7,16H,8-13H2,1-3H3,(H,20,26)(H,21,25). The lowest BCUT2D eigenvalue weighted by Crippen LogP contribution is -2.58. The Bertz CT molecular complexity index is 679. The Hall–Kier alpha value is -2.81. The van der Waals surface area contributed by atoms with E-state index < -0.39 is 6.09 Å². The molecule has 1 aromatic rings. The summed E-state index contributed by atoms with van der Waals surface area (Å²) in [6.07, 6.45) is -0.538. The first-order valence-corrected chi connectivity index (χ1v) is 9.16. The van der Waals surface area contributed by atoms with Crippen LogP contribution < -0.4 is 15.4 Å². The van der Waals surface area contributed by atoms with Crippen LogP contribution in [0.2, 0.25) is 0 Å². The number of nitrogens with zero attached hydrogens (tertiary/aromatic N) is 2. The number of carbonyl (C=O) groups is 3. The number of amides is 3. The third-order valence-corrected chi connectivity index (χ3v) is 4.66. The van der Waals surface area contributed by atoms with Crippen LogP contribution in [0.3, 0.4) is 0 Å². The van der Waals surface area contributed by atoms with Gasteiger partial charge in [-0.2, -0.15) is 0 Å². The van der Waals surface area contributed by atoms with E-state index in [0.717, 1.165) is 11.3 Å². The Morgan fingerprint density at radius 2 is 1.89 bits per heavy atom. The average Bonchev–Trinajstić information content (AvgIpc) is 2.71. The number of nitrogens with one attached hydrogen (secondary N) is 2. The van der Waals surface area contributed by atoms with Crippen molar-refractivity contribution in [1.29, 1.82) is 0 Å². The van der Waals surface area contributed by atoms with Crippen LogP contribution in [0.4, 0.5) is 4.79 Å². The minimum atomic E-state index is -0.538. The Morgan fingerprint density at radius 3 is 2.50 bits per heavy atom. The lowest BCUT2D eigenvalue weighted by atomic mass is 10.1. The topological polar surface area (TPSA) is 100 Å². The molecule has 0 aromatic heterocycles. The Balaban J connectivity index is 1.89. The summed E-state index contributed by atoms with van der Waals surface area (Å²) < 4.78 is 10.3. The van der Waals surface area contributed by atoms with E-state index in [9.17, 15) is 14.4 Å². The van der Waals surface area contributed by atoms with Crippen LogP contribution in [0, 0.1) is 0 Å². The highest BCUT2D eigenvalue weighted by Crippen LogP contribution is 2.12. The maximum absolute atomic E-state index is 12.4. The molecule has 3 amide bonds. The molecular weight excluding hydrogens is 364 g/mol. The fourth-order valence-electron chi connectivity index (χ4n) is 2.97. The normalized spacial score (nSPS) is 17.0. The van der Waals surface area contributed by atoms with Crippen LogP contribution in [0.15, 0.2) is 24.3 Å². The fraction of sp³-hybridized carbons (Fsp3) is 0.526. The molecule has 1 aliphatic heterocycles. The van der Waals surface area contributed by atoms with Gasteiger partial charge in [0.25, 0.3) is 0 Å².